The Bertz CT molecular complexity index is 595. The van der Waals surface area contributed by atoms with Crippen LogP contribution in [0, 0.1) is 0 Å². The van der Waals surface area contributed by atoms with E-state index in [0.29, 0.717) is 6.42 Å². The molecule has 0 bridgehead atoms. The Morgan fingerprint density at radius 1 is 1.24 bits per heavy atom. The van der Waals surface area contributed by atoms with Crippen LogP contribution in [0.15, 0.2) is 36.4 Å². The molecule has 1 aromatic carbocycles. The summed E-state index contributed by atoms with van der Waals surface area (Å²) >= 11 is 7.52. The summed E-state index contributed by atoms with van der Waals surface area (Å²) in [4.78, 5) is 13.5. The van der Waals surface area contributed by atoms with Gasteiger partial charge in [-0.2, -0.15) is 0 Å². The van der Waals surface area contributed by atoms with Crippen molar-refractivity contribution in [2.75, 3.05) is 7.11 Å². The molecule has 0 aliphatic heterocycles. The van der Waals surface area contributed by atoms with Crippen LogP contribution in [-0.2, 0) is 22.5 Å². The van der Waals surface area contributed by atoms with E-state index in [4.69, 9.17) is 11.6 Å². The molecule has 0 aliphatic carbocycles. The highest BCUT2D eigenvalue weighted by molar-refractivity contribution is 7.12. The van der Waals surface area contributed by atoms with E-state index < -0.39 is 0 Å². The molecule has 0 saturated heterocycles. The molecular weight excluding hydrogens is 306 g/mol. The summed E-state index contributed by atoms with van der Waals surface area (Å²) in [5.74, 6) is -0.203. The molecule has 1 atom stereocenters. The third-order valence-corrected chi connectivity index (χ3v) is 4.55. The van der Waals surface area contributed by atoms with E-state index in [0.717, 1.165) is 16.4 Å². The molecule has 0 spiro atoms. The van der Waals surface area contributed by atoms with Gasteiger partial charge in [-0.05, 0) is 36.8 Å². The van der Waals surface area contributed by atoms with Gasteiger partial charge in [0.2, 0.25) is 0 Å². The highest BCUT2D eigenvalue weighted by atomic mass is 35.5. The topological polar surface area (TPSA) is 38.3 Å². The second-order valence-electron chi connectivity index (χ2n) is 4.78. The van der Waals surface area contributed by atoms with Crippen LogP contribution in [0.4, 0.5) is 0 Å². The first-order valence-corrected chi connectivity index (χ1v) is 7.91. The number of benzene rings is 1. The fourth-order valence-electron chi connectivity index (χ4n) is 1.95. The van der Waals surface area contributed by atoms with Crippen LogP contribution >= 0.6 is 22.9 Å². The van der Waals surface area contributed by atoms with Crippen molar-refractivity contribution in [3.63, 3.8) is 0 Å². The number of methoxy groups -OCH3 is 1. The lowest BCUT2D eigenvalue weighted by atomic mass is 10.1. The molecule has 5 heteroatoms. The Labute approximate surface area is 133 Å². The molecular formula is C16H18ClNO2S. The van der Waals surface area contributed by atoms with Crippen molar-refractivity contribution >= 4 is 28.9 Å². The van der Waals surface area contributed by atoms with Crippen LogP contribution < -0.4 is 5.32 Å². The van der Waals surface area contributed by atoms with Gasteiger partial charge in [-0.25, -0.2) is 0 Å². The largest absolute Gasteiger partial charge is 0.469 e. The van der Waals surface area contributed by atoms with Gasteiger partial charge in [-0.15, -0.1) is 11.3 Å². The molecule has 112 valence electrons. The van der Waals surface area contributed by atoms with Gasteiger partial charge < -0.3 is 10.1 Å². The average molecular weight is 324 g/mol. The molecule has 1 aromatic heterocycles. The number of esters is 1. The van der Waals surface area contributed by atoms with Gasteiger partial charge in [0.1, 0.15) is 0 Å². The summed E-state index contributed by atoms with van der Waals surface area (Å²) in [6.45, 7) is 2.89. The lowest BCUT2D eigenvalue weighted by molar-refractivity contribution is -0.139. The number of thiophene rings is 1. The van der Waals surface area contributed by atoms with E-state index >= 15 is 0 Å². The maximum absolute atomic E-state index is 11.2. The van der Waals surface area contributed by atoms with Gasteiger partial charge in [0.15, 0.2) is 0 Å². The zero-order valence-electron chi connectivity index (χ0n) is 12.1. The molecule has 0 amide bonds. The van der Waals surface area contributed by atoms with E-state index in [9.17, 15) is 4.79 Å². The number of carbonyl (C=O) groups is 1. The number of ether oxygens (including phenoxy) is 1. The molecule has 2 aromatic rings. The van der Waals surface area contributed by atoms with Gasteiger partial charge in [-0.3, -0.25) is 4.79 Å². The fraction of sp³-hybridized carbons (Fsp3) is 0.312. The Balaban J connectivity index is 1.88. The predicted octanol–water partition coefficient (Wildman–Crippen LogP) is 3.97. The zero-order valence-corrected chi connectivity index (χ0v) is 13.6. The van der Waals surface area contributed by atoms with Gasteiger partial charge in [0.05, 0.1) is 13.5 Å². The van der Waals surface area contributed by atoms with E-state index in [1.807, 2.05) is 36.4 Å². The minimum Gasteiger partial charge on any atom is -0.469 e. The van der Waals surface area contributed by atoms with Crippen LogP contribution in [0.5, 0.6) is 0 Å². The monoisotopic (exact) mass is 323 g/mol. The van der Waals surface area contributed by atoms with Crippen LogP contribution in [0.1, 0.15) is 28.3 Å². The highest BCUT2D eigenvalue weighted by Gasteiger charge is 2.08. The first-order valence-electron chi connectivity index (χ1n) is 6.71. The number of halogens is 1. The number of rotatable bonds is 6. The third-order valence-electron chi connectivity index (χ3n) is 3.22. The first-order chi connectivity index (χ1) is 10.1. The lowest BCUT2D eigenvalue weighted by Crippen LogP contribution is -2.17. The average Bonchev–Trinajstić information content (AvgIpc) is 2.93. The van der Waals surface area contributed by atoms with E-state index in [1.54, 1.807) is 11.3 Å². The molecule has 21 heavy (non-hydrogen) atoms. The van der Waals surface area contributed by atoms with Crippen molar-refractivity contribution in [2.45, 2.75) is 25.9 Å². The Morgan fingerprint density at radius 2 is 1.90 bits per heavy atom. The number of hydrogen-bond donors (Lipinski definition) is 1. The second-order valence-corrected chi connectivity index (χ2v) is 6.46. The van der Waals surface area contributed by atoms with Crippen molar-refractivity contribution in [3.8, 4) is 0 Å². The SMILES string of the molecule is COC(=O)Cc1ccc(CN[C@H](C)c2ccc(Cl)cc2)s1. The zero-order chi connectivity index (χ0) is 15.2. The first kappa shape index (κ1) is 16.0. The van der Waals surface area contributed by atoms with Crippen molar-refractivity contribution in [1.82, 2.24) is 5.32 Å². The number of nitrogens with one attached hydrogen (secondary N) is 1. The molecule has 1 N–H and O–H groups in total. The molecule has 3 nitrogen and oxygen atoms in total. The molecule has 0 aliphatic rings. The minimum atomic E-state index is -0.203. The van der Waals surface area contributed by atoms with Crippen molar-refractivity contribution < 1.29 is 9.53 Å². The smallest absolute Gasteiger partial charge is 0.310 e. The second kappa shape index (κ2) is 7.59. The maximum atomic E-state index is 11.2. The Kier molecular flexibility index (Phi) is 5.79. The normalized spacial score (nSPS) is 12.1. The quantitative estimate of drug-likeness (QED) is 0.817. The van der Waals surface area contributed by atoms with Gasteiger partial charge >= 0.3 is 5.97 Å². The van der Waals surface area contributed by atoms with Crippen LogP contribution in [0.25, 0.3) is 0 Å². The van der Waals surface area contributed by atoms with E-state index in [-0.39, 0.29) is 12.0 Å². The lowest BCUT2D eigenvalue weighted by Gasteiger charge is -2.13. The van der Waals surface area contributed by atoms with Crippen LogP contribution in [0.3, 0.4) is 0 Å². The predicted molar refractivity (Wildman–Crippen MR) is 86.7 cm³/mol. The standard InChI is InChI=1S/C16H18ClNO2S/c1-11(12-3-5-13(17)6-4-12)18-10-15-8-7-14(21-15)9-16(19)20-2/h3-8,11,18H,9-10H2,1-2H3/t11-/m1/s1. The summed E-state index contributed by atoms with van der Waals surface area (Å²) in [7, 11) is 1.41. The van der Waals surface area contributed by atoms with Crippen LogP contribution in [0.2, 0.25) is 5.02 Å². The van der Waals surface area contributed by atoms with E-state index in [2.05, 4.69) is 17.0 Å². The van der Waals surface area contributed by atoms with Gasteiger partial charge in [-0.1, -0.05) is 23.7 Å². The number of hydrogen-bond acceptors (Lipinski definition) is 4. The molecule has 1 heterocycles. The fourth-order valence-corrected chi connectivity index (χ4v) is 3.03. The molecule has 0 unspecified atom stereocenters. The molecule has 0 saturated carbocycles. The maximum Gasteiger partial charge on any atom is 0.310 e. The summed E-state index contributed by atoms with van der Waals surface area (Å²) in [6.07, 6.45) is 0.341. The van der Waals surface area contributed by atoms with Crippen molar-refractivity contribution in [2.24, 2.45) is 0 Å². The summed E-state index contributed by atoms with van der Waals surface area (Å²) < 4.78 is 4.67. The summed E-state index contributed by atoms with van der Waals surface area (Å²) in [6, 6.07) is 12.1. The van der Waals surface area contributed by atoms with E-state index in [1.165, 1.54) is 17.6 Å². The van der Waals surface area contributed by atoms with Crippen molar-refractivity contribution in [3.05, 3.63) is 56.7 Å². The summed E-state index contributed by atoms with van der Waals surface area (Å²) in [5.41, 5.74) is 1.20. The van der Waals surface area contributed by atoms with Gasteiger partial charge in [0, 0.05) is 27.4 Å². The molecule has 2 rings (SSSR count). The highest BCUT2D eigenvalue weighted by Crippen LogP contribution is 2.20. The summed E-state index contributed by atoms with van der Waals surface area (Å²) in [5, 5.41) is 4.21. The molecule has 0 fully saturated rings. The molecule has 0 radical (unpaired) electrons. The van der Waals surface area contributed by atoms with Crippen LogP contribution in [-0.4, -0.2) is 13.1 Å². The van der Waals surface area contributed by atoms with Gasteiger partial charge in [0.25, 0.3) is 0 Å². The third kappa shape index (κ3) is 4.84. The number of carbonyl (C=O) groups excluding carboxylic acids is 1. The Morgan fingerprint density at radius 3 is 2.57 bits per heavy atom. The Hall–Kier alpha value is -1.36. The minimum absolute atomic E-state index is 0.203. The van der Waals surface area contributed by atoms with Crippen molar-refractivity contribution in [1.29, 1.82) is 0 Å².